The van der Waals surface area contributed by atoms with Crippen LogP contribution in [0.4, 0.5) is 0 Å². The van der Waals surface area contributed by atoms with Crippen LogP contribution in [0.1, 0.15) is 11.1 Å². The lowest BCUT2D eigenvalue weighted by molar-refractivity contribution is 0.465. The lowest BCUT2D eigenvalue weighted by atomic mass is 10.1. The summed E-state index contributed by atoms with van der Waals surface area (Å²) in [6.45, 7) is 4.11. The van der Waals surface area contributed by atoms with Crippen molar-refractivity contribution < 1.29 is 4.74 Å². The Hall–Kier alpha value is -1.94. The van der Waals surface area contributed by atoms with E-state index in [2.05, 4.69) is 23.0 Å². The van der Waals surface area contributed by atoms with E-state index in [9.17, 15) is 0 Å². The standard InChI is InChI=1S/C14H12N2OS/c1-9-3-4-12(10(2)7-9)17-14-13-11(5-6-18-13)15-8-16-14/h3-8H,1-2H3. The van der Waals surface area contributed by atoms with Crippen LogP contribution in [-0.2, 0) is 0 Å². The summed E-state index contributed by atoms with van der Waals surface area (Å²) >= 11 is 1.59. The summed E-state index contributed by atoms with van der Waals surface area (Å²) in [6.07, 6.45) is 1.54. The van der Waals surface area contributed by atoms with Crippen LogP contribution < -0.4 is 4.74 Å². The smallest absolute Gasteiger partial charge is 0.240 e. The first kappa shape index (κ1) is 11.2. The maximum absolute atomic E-state index is 5.90. The van der Waals surface area contributed by atoms with Gasteiger partial charge in [0.15, 0.2) is 0 Å². The number of rotatable bonds is 2. The van der Waals surface area contributed by atoms with Crippen molar-refractivity contribution in [2.75, 3.05) is 0 Å². The molecule has 0 bridgehead atoms. The summed E-state index contributed by atoms with van der Waals surface area (Å²) in [6, 6.07) is 8.08. The van der Waals surface area contributed by atoms with Crippen molar-refractivity contribution in [2.45, 2.75) is 13.8 Å². The van der Waals surface area contributed by atoms with Crippen molar-refractivity contribution in [2.24, 2.45) is 0 Å². The molecule has 0 atom stereocenters. The third-order valence-electron chi connectivity index (χ3n) is 2.75. The normalized spacial score (nSPS) is 10.8. The number of benzene rings is 1. The Labute approximate surface area is 109 Å². The van der Waals surface area contributed by atoms with E-state index >= 15 is 0 Å². The summed E-state index contributed by atoms with van der Waals surface area (Å²) in [5.41, 5.74) is 3.26. The van der Waals surface area contributed by atoms with Crippen LogP contribution in [0.25, 0.3) is 10.2 Å². The maximum Gasteiger partial charge on any atom is 0.240 e. The van der Waals surface area contributed by atoms with Crippen molar-refractivity contribution in [3.63, 3.8) is 0 Å². The van der Waals surface area contributed by atoms with E-state index in [1.807, 2.05) is 30.5 Å². The summed E-state index contributed by atoms with van der Waals surface area (Å²) in [5.74, 6) is 1.47. The van der Waals surface area contributed by atoms with Gasteiger partial charge in [0, 0.05) is 0 Å². The molecule has 0 radical (unpaired) electrons. The third kappa shape index (κ3) is 1.95. The van der Waals surface area contributed by atoms with Crippen LogP contribution in [-0.4, -0.2) is 9.97 Å². The molecule has 3 rings (SSSR count). The van der Waals surface area contributed by atoms with Crippen LogP contribution in [0.15, 0.2) is 36.0 Å². The molecule has 0 fully saturated rings. The second-order valence-corrected chi connectivity index (χ2v) is 5.10. The number of nitrogens with zero attached hydrogens (tertiary/aromatic N) is 2. The summed E-state index contributed by atoms with van der Waals surface area (Å²) in [7, 11) is 0. The van der Waals surface area contributed by atoms with Gasteiger partial charge in [-0.3, -0.25) is 0 Å². The van der Waals surface area contributed by atoms with Gasteiger partial charge in [-0.15, -0.1) is 11.3 Å². The second-order valence-electron chi connectivity index (χ2n) is 4.18. The van der Waals surface area contributed by atoms with E-state index in [1.165, 1.54) is 11.9 Å². The molecule has 1 aromatic carbocycles. The lowest BCUT2D eigenvalue weighted by Gasteiger charge is -2.08. The average Bonchev–Trinajstić information content (AvgIpc) is 2.82. The molecule has 0 aliphatic carbocycles. The molecule has 0 unspecified atom stereocenters. The molecule has 4 heteroatoms. The molecule has 3 aromatic rings. The molecule has 2 heterocycles. The quantitative estimate of drug-likeness (QED) is 0.692. The number of hydrogen-bond acceptors (Lipinski definition) is 4. The molecule has 0 saturated carbocycles. The number of fused-ring (bicyclic) bond motifs is 1. The molecule has 0 aliphatic rings. The molecule has 0 amide bonds. The second kappa shape index (κ2) is 4.38. The van der Waals surface area contributed by atoms with E-state index in [1.54, 1.807) is 11.3 Å². The van der Waals surface area contributed by atoms with Crippen molar-refractivity contribution in [3.05, 3.63) is 47.1 Å². The molecule has 3 nitrogen and oxygen atoms in total. The Morgan fingerprint density at radius 3 is 2.83 bits per heavy atom. The number of ether oxygens (including phenoxy) is 1. The molecule has 0 aliphatic heterocycles. The number of aromatic nitrogens is 2. The minimum atomic E-state index is 0.627. The summed E-state index contributed by atoms with van der Waals surface area (Å²) in [4.78, 5) is 8.41. The van der Waals surface area contributed by atoms with Gasteiger partial charge in [0.2, 0.25) is 5.88 Å². The largest absolute Gasteiger partial charge is 0.437 e. The zero-order chi connectivity index (χ0) is 12.5. The maximum atomic E-state index is 5.90. The molecular formula is C14H12N2OS. The van der Waals surface area contributed by atoms with Gasteiger partial charge in [-0.2, -0.15) is 0 Å². The molecule has 0 saturated heterocycles. The molecule has 0 spiro atoms. The van der Waals surface area contributed by atoms with Crippen LogP contribution >= 0.6 is 11.3 Å². The fourth-order valence-corrected chi connectivity index (χ4v) is 2.63. The van der Waals surface area contributed by atoms with Crippen molar-refractivity contribution in [3.8, 4) is 11.6 Å². The van der Waals surface area contributed by atoms with E-state index in [0.717, 1.165) is 21.5 Å². The zero-order valence-corrected chi connectivity index (χ0v) is 11.0. The van der Waals surface area contributed by atoms with Gasteiger partial charge < -0.3 is 4.74 Å². The Kier molecular flexibility index (Phi) is 2.72. The van der Waals surface area contributed by atoms with Crippen LogP contribution in [0.2, 0.25) is 0 Å². The van der Waals surface area contributed by atoms with Gasteiger partial charge >= 0.3 is 0 Å². The van der Waals surface area contributed by atoms with Gasteiger partial charge in [0.05, 0.1) is 5.52 Å². The lowest BCUT2D eigenvalue weighted by Crippen LogP contribution is -1.91. The van der Waals surface area contributed by atoms with Crippen LogP contribution in [0, 0.1) is 13.8 Å². The summed E-state index contributed by atoms with van der Waals surface area (Å²) in [5, 5.41) is 1.99. The number of thiophene rings is 1. The Bertz CT molecular complexity index is 706. The highest BCUT2D eigenvalue weighted by atomic mass is 32.1. The summed E-state index contributed by atoms with van der Waals surface area (Å²) < 4.78 is 6.88. The predicted octanol–water partition coefficient (Wildman–Crippen LogP) is 4.10. The van der Waals surface area contributed by atoms with Crippen molar-refractivity contribution >= 4 is 21.6 Å². The minimum absolute atomic E-state index is 0.627. The predicted molar refractivity (Wildman–Crippen MR) is 73.4 cm³/mol. The highest BCUT2D eigenvalue weighted by Crippen LogP contribution is 2.31. The molecule has 90 valence electrons. The minimum Gasteiger partial charge on any atom is -0.437 e. The monoisotopic (exact) mass is 256 g/mol. The highest BCUT2D eigenvalue weighted by Gasteiger charge is 2.08. The Balaban J connectivity index is 2.03. The number of aryl methyl sites for hydroxylation is 2. The fraction of sp³-hybridized carbons (Fsp3) is 0.143. The molecule has 2 aromatic heterocycles. The van der Waals surface area contributed by atoms with Gasteiger partial charge in [0.1, 0.15) is 16.8 Å². The third-order valence-corrected chi connectivity index (χ3v) is 3.64. The van der Waals surface area contributed by atoms with E-state index in [-0.39, 0.29) is 0 Å². The number of hydrogen-bond donors (Lipinski definition) is 0. The first-order valence-corrected chi connectivity index (χ1v) is 6.55. The Morgan fingerprint density at radius 2 is 2.00 bits per heavy atom. The molecular weight excluding hydrogens is 244 g/mol. The first-order valence-electron chi connectivity index (χ1n) is 5.67. The average molecular weight is 256 g/mol. The van der Waals surface area contributed by atoms with Crippen LogP contribution in [0.5, 0.6) is 11.6 Å². The van der Waals surface area contributed by atoms with Gasteiger partial charge in [0.25, 0.3) is 0 Å². The Morgan fingerprint density at radius 1 is 1.11 bits per heavy atom. The van der Waals surface area contributed by atoms with Gasteiger partial charge in [-0.05, 0) is 36.9 Å². The van der Waals surface area contributed by atoms with E-state index in [4.69, 9.17) is 4.74 Å². The topological polar surface area (TPSA) is 35.0 Å². The van der Waals surface area contributed by atoms with E-state index in [0.29, 0.717) is 5.88 Å². The van der Waals surface area contributed by atoms with Crippen molar-refractivity contribution in [1.82, 2.24) is 9.97 Å². The molecule has 0 N–H and O–H groups in total. The van der Waals surface area contributed by atoms with Gasteiger partial charge in [-0.25, -0.2) is 9.97 Å². The zero-order valence-electron chi connectivity index (χ0n) is 10.2. The fourth-order valence-electron chi connectivity index (χ4n) is 1.86. The van der Waals surface area contributed by atoms with Crippen molar-refractivity contribution in [1.29, 1.82) is 0 Å². The first-order chi connectivity index (χ1) is 8.74. The SMILES string of the molecule is Cc1ccc(Oc2ncnc3ccsc23)c(C)c1. The van der Waals surface area contributed by atoms with Crippen LogP contribution in [0.3, 0.4) is 0 Å². The van der Waals surface area contributed by atoms with Gasteiger partial charge in [-0.1, -0.05) is 17.7 Å². The van der Waals surface area contributed by atoms with E-state index < -0.39 is 0 Å². The highest BCUT2D eigenvalue weighted by molar-refractivity contribution is 7.17. The molecule has 18 heavy (non-hydrogen) atoms.